The van der Waals surface area contributed by atoms with Gasteiger partial charge in [-0.15, -0.1) is 0 Å². The molecular weight excluding hydrogens is 560 g/mol. The number of aromatic carboxylic acids is 1. The molecule has 2 atom stereocenters. The van der Waals surface area contributed by atoms with Gasteiger partial charge in [0.1, 0.15) is 0 Å². The van der Waals surface area contributed by atoms with Gasteiger partial charge in [0.05, 0.1) is 17.7 Å². The van der Waals surface area contributed by atoms with Crippen LogP contribution >= 0.6 is 0 Å². The van der Waals surface area contributed by atoms with Crippen LogP contribution in [0.2, 0.25) is 0 Å². The molecule has 0 aliphatic carbocycles. The Bertz CT molecular complexity index is 1910. The topological polar surface area (TPSA) is 171 Å². The Hall–Kier alpha value is -4.99. The van der Waals surface area contributed by atoms with Gasteiger partial charge in [0.25, 0.3) is 0 Å². The van der Waals surface area contributed by atoms with Crippen molar-refractivity contribution in [2.45, 2.75) is 60.3 Å². The van der Waals surface area contributed by atoms with Crippen molar-refractivity contribution in [3.05, 3.63) is 84.8 Å². The fourth-order valence-corrected chi connectivity index (χ4v) is 6.71. The highest BCUT2D eigenvalue weighted by molar-refractivity contribution is 5.99. The lowest BCUT2D eigenvalue weighted by atomic mass is 9.85. The molecule has 10 nitrogen and oxygen atoms in total. The van der Waals surface area contributed by atoms with Crippen LogP contribution in [0.4, 0.5) is 0 Å². The number of aromatic amines is 3. The smallest absolute Gasteiger partial charge is 0.338 e. The summed E-state index contributed by atoms with van der Waals surface area (Å²) in [5.74, 6) is -3.87. The Balaban J connectivity index is 1.94. The zero-order chi connectivity index (χ0) is 32.0. The monoisotopic (exact) mass is 598 g/mol. The molecule has 0 unspecified atom stereocenters. The first-order valence-corrected chi connectivity index (χ1v) is 14.7. The molecule has 5 rings (SSSR count). The number of fused-ring (bicyclic) bond motifs is 8. The molecule has 8 bridgehead atoms. The highest BCUT2D eigenvalue weighted by Gasteiger charge is 2.37. The van der Waals surface area contributed by atoms with Crippen LogP contribution in [0.5, 0.6) is 0 Å². The van der Waals surface area contributed by atoms with E-state index in [2.05, 4.69) is 39.8 Å². The van der Waals surface area contributed by atoms with E-state index in [0.29, 0.717) is 22.5 Å². The first-order chi connectivity index (χ1) is 20.9. The highest BCUT2D eigenvalue weighted by atomic mass is 16.4. The minimum absolute atomic E-state index is 0.0126. The maximum atomic E-state index is 12.7. The number of aliphatic carboxylic acids is 2. The summed E-state index contributed by atoms with van der Waals surface area (Å²) in [5, 5.41) is 35.1. The number of allylic oxidation sites excluding steroid dienone is 2. The van der Waals surface area contributed by atoms with Gasteiger partial charge in [0.2, 0.25) is 0 Å². The fourth-order valence-electron chi connectivity index (χ4n) is 6.71. The second kappa shape index (κ2) is 11.6. The molecule has 44 heavy (non-hydrogen) atoms. The van der Waals surface area contributed by atoms with E-state index >= 15 is 0 Å². The van der Waals surface area contributed by atoms with Crippen molar-refractivity contribution in [1.29, 1.82) is 0 Å². The third kappa shape index (κ3) is 5.21. The Morgan fingerprint density at radius 1 is 0.886 bits per heavy atom. The Morgan fingerprint density at radius 3 is 2.18 bits per heavy atom. The molecule has 3 aromatic heterocycles. The molecule has 5 heterocycles. The van der Waals surface area contributed by atoms with Crippen molar-refractivity contribution in [1.82, 2.24) is 20.3 Å². The molecular formula is C34H38N4O6. The maximum Gasteiger partial charge on any atom is 0.338 e. The van der Waals surface area contributed by atoms with Crippen molar-refractivity contribution in [2.24, 2.45) is 11.8 Å². The SMILES string of the molecule is C=Cc1c2[nH]c(c1C)/C=C1\N/C(=C(/CC(=O)O)c3[nH]c(c(C)c3C(=O)O)/C=c3\[nH]c(c(C)c3CC)=C2)[C@@H](CCC(=O)O)[C@@H]1C. The molecule has 1 saturated heterocycles. The number of rotatable bonds is 8. The lowest BCUT2D eigenvalue weighted by Gasteiger charge is -2.18. The second-order valence-electron chi connectivity index (χ2n) is 11.6. The molecule has 2 aliphatic heterocycles. The van der Waals surface area contributed by atoms with E-state index in [-0.39, 0.29) is 35.9 Å². The molecule has 10 heteroatoms. The Kier molecular flexibility index (Phi) is 8.03. The van der Waals surface area contributed by atoms with Gasteiger partial charge in [-0.25, -0.2) is 4.79 Å². The second-order valence-corrected chi connectivity index (χ2v) is 11.6. The summed E-state index contributed by atoms with van der Waals surface area (Å²) < 4.78 is 0. The minimum Gasteiger partial charge on any atom is -0.481 e. The van der Waals surface area contributed by atoms with E-state index < -0.39 is 24.3 Å². The third-order valence-corrected chi connectivity index (χ3v) is 9.12. The molecule has 0 saturated carbocycles. The van der Waals surface area contributed by atoms with Gasteiger partial charge >= 0.3 is 17.9 Å². The molecule has 2 aliphatic rings. The van der Waals surface area contributed by atoms with E-state index in [4.69, 9.17) is 0 Å². The standard InChI is InChI=1S/C34H38N4O6/c1-7-19-15(3)23-12-25-17(5)21(9-10-29(39)40)32(37-25)22(11-30(41)42)33-31(34(43)44)18(6)26(38-33)14-28-20(8-2)16(4)24(36-28)13-27(19)35-23/h7,12-14,17,21,35-38H,1,8-11H2,2-6H3,(H,39,40)(H,41,42)(H,43,44)/b24-13?,25-12-,28-14-,32-22-/t17-,21-/m0/s1. The van der Waals surface area contributed by atoms with Crippen LogP contribution in [-0.2, 0) is 16.0 Å². The molecule has 7 N–H and O–H groups in total. The Labute approximate surface area is 254 Å². The van der Waals surface area contributed by atoms with Crippen LogP contribution in [0.15, 0.2) is 18.0 Å². The Morgan fingerprint density at radius 2 is 1.57 bits per heavy atom. The summed E-state index contributed by atoms with van der Waals surface area (Å²) >= 11 is 0. The van der Waals surface area contributed by atoms with Gasteiger partial charge in [-0.05, 0) is 74.1 Å². The van der Waals surface area contributed by atoms with Crippen LogP contribution in [0.25, 0.3) is 29.9 Å². The van der Waals surface area contributed by atoms with Crippen LogP contribution < -0.4 is 16.0 Å². The fraction of sp³-hybridized carbons (Fsp3) is 0.324. The summed E-state index contributed by atoms with van der Waals surface area (Å²) in [6, 6.07) is 0. The quantitative estimate of drug-likeness (QED) is 0.201. The average molecular weight is 599 g/mol. The average Bonchev–Trinajstić information content (AvgIpc) is 3.63. The minimum atomic E-state index is -1.18. The van der Waals surface area contributed by atoms with Gasteiger partial charge in [0, 0.05) is 68.6 Å². The van der Waals surface area contributed by atoms with Crippen LogP contribution in [0, 0.1) is 32.6 Å². The van der Waals surface area contributed by atoms with Crippen molar-refractivity contribution >= 4 is 47.8 Å². The van der Waals surface area contributed by atoms with Crippen molar-refractivity contribution < 1.29 is 29.7 Å². The van der Waals surface area contributed by atoms with E-state index in [1.165, 1.54) is 0 Å². The number of H-pyrrole nitrogens is 3. The predicted molar refractivity (Wildman–Crippen MR) is 169 cm³/mol. The number of carbonyl (C=O) groups is 3. The highest BCUT2D eigenvalue weighted by Crippen LogP contribution is 2.42. The zero-order valence-corrected chi connectivity index (χ0v) is 25.6. The van der Waals surface area contributed by atoms with E-state index in [1.54, 1.807) is 6.92 Å². The zero-order valence-electron chi connectivity index (χ0n) is 25.6. The first kappa shape index (κ1) is 30.5. The molecule has 230 valence electrons. The van der Waals surface area contributed by atoms with Gasteiger partial charge < -0.3 is 35.6 Å². The third-order valence-electron chi connectivity index (χ3n) is 9.12. The van der Waals surface area contributed by atoms with Crippen LogP contribution in [-0.4, -0.2) is 48.2 Å². The summed E-state index contributed by atoms with van der Waals surface area (Å²) in [6.45, 7) is 13.8. The van der Waals surface area contributed by atoms with Crippen molar-refractivity contribution in [3.8, 4) is 0 Å². The van der Waals surface area contributed by atoms with Crippen LogP contribution in [0.3, 0.4) is 0 Å². The van der Waals surface area contributed by atoms with E-state index in [1.807, 2.05) is 39.0 Å². The van der Waals surface area contributed by atoms with E-state index in [9.17, 15) is 29.7 Å². The molecule has 1 fully saturated rings. The first-order valence-electron chi connectivity index (χ1n) is 14.7. The van der Waals surface area contributed by atoms with Crippen molar-refractivity contribution in [2.75, 3.05) is 0 Å². The summed E-state index contributed by atoms with van der Waals surface area (Å²) in [6.07, 6.45) is 8.10. The lowest BCUT2D eigenvalue weighted by molar-refractivity contribution is -0.137. The molecule has 0 amide bonds. The normalized spacial score (nSPS) is 21.0. The lowest BCUT2D eigenvalue weighted by Crippen LogP contribution is -2.16. The van der Waals surface area contributed by atoms with Gasteiger partial charge in [-0.2, -0.15) is 0 Å². The number of hydrogen-bond acceptors (Lipinski definition) is 4. The van der Waals surface area contributed by atoms with E-state index in [0.717, 1.165) is 56.5 Å². The van der Waals surface area contributed by atoms with Crippen LogP contribution in [0.1, 0.15) is 94.1 Å². The summed E-state index contributed by atoms with van der Waals surface area (Å²) in [4.78, 5) is 47.0. The molecule has 0 radical (unpaired) electrons. The number of carboxylic acid groups (broad SMARTS) is 3. The summed E-state index contributed by atoms with van der Waals surface area (Å²) in [5.41, 5.74) is 8.56. The number of hydrogen-bond donors (Lipinski definition) is 7. The van der Waals surface area contributed by atoms with Gasteiger partial charge in [-0.3, -0.25) is 9.59 Å². The number of carboxylic acids is 3. The molecule has 0 aromatic carbocycles. The van der Waals surface area contributed by atoms with Gasteiger partial charge in [-0.1, -0.05) is 26.5 Å². The largest absolute Gasteiger partial charge is 0.481 e. The molecule has 3 aromatic rings. The number of aromatic nitrogens is 3. The molecule has 0 spiro atoms. The van der Waals surface area contributed by atoms with Gasteiger partial charge in [0.15, 0.2) is 0 Å². The van der Waals surface area contributed by atoms with Crippen molar-refractivity contribution in [3.63, 3.8) is 0 Å². The predicted octanol–water partition coefficient (Wildman–Crippen LogP) is 4.42. The maximum absolute atomic E-state index is 12.7. The number of nitrogens with one attached hydrogen (secondary N) is 4. The summed E-state index contributed by atoms with van der Waals surface area (Å²) in [7, 11) is 0.